The molecule has 0 bridgehead atoms. The van der Waals surface area contributed by atoms with Crippen molar-refractivity contribution in [3.63, 3.8) is 0 Å². The lowest BCUT2D eigenvalue weighted by Crippen LogP contribution is -1.96. The van der Waals surface area contributed by atoms with Gasteiger partial charge in [0, 0.05) is 5.69 Å². The Morgan fingerprint density at radius 2 is 1.89 bits per heavy atom. The van der Waals surface area contributed by atoms with Gasteiger partial charge in [-0.2, -0.15) is 5.10 Å². The highest BCUT2D eigenvalue weighted by molar-refractivity contribution is 7.71. The third-order valence-electron chi connectivity index (χ3n) is 3.08. The van der Waals surface area contributed by atoms with Gasteiger partial charge in [-0.1, -0.05) is 12.2 Å². The second-order valence-electron chi connectivity index (χ2n) is 4.56. The molecule has 0 atom stereocenters. The zero-order valence-electron chi connectivity index (χ0n) is 10.6. The van der Waals surface area contributed by atoms with E-state index in [0.29, 0.717) is 4.64 Å². The topological polar surface area (TPSA) is 53.8 Å². The van der Waals surface area contributed by atoms with E-state index in [0.717, 1.165) is 28.0 Å². The zero-order valence-corrected chi connectivity index (χ0v) is 11.5. The Balaban J connectivity index is 2.36. The molecule has 2 aromatic heterocycles. The Kier molecular flexibility index (Phi) is 2.64. The predicted octanol–water partition coefficient (Wildman–Crippen LogP) is 3.41. The van der Waals surface area contributed by atoms with Crippen molar-refractivity contribution in [3.05, 3.63) is 46.4 Å². The minimum absolute atomic E-state index is 0.241. The van der Waals surface area contributed by atoms with Crippen LogP contribution in [0.3, 0.4) is 0 Å². The van der Waals surface area contributed by atoms with Crippen molar-refractivity contribution in [1.29, 1.82) is 0 Å². The maximum Gasteiger partial charge on any atom is 0.115 e. The van der Waals surface area contributed by atoms with E-state index >= 15 is 0 Å². The van der Waals surface area contributed by atoms with Crippen molar-refractivity contribution in [1.82, 2.24) is 14.8 Å². The van der Waals surface area contributed by atoms with Gasteiger partial charge in [0.2, 0.25) is 0 Å². The summed E-state index contributed by atoms with van der Waals surface area (Å²) in [6.07, 6.45) is 0. The van der Waals surface area contributed by atoms with Gasteiger partial charge in [-0.3, -0.25) is 0 Å². The van der Waals surface area contributed by atoms with E-state index < -0.39 is 0 Å². The number of aryl methyl sites for hydroxylation is 2. The summed E-state index contributed by atoms with van der Waals surface area (Å²) < 4.78 is 2.55. The second kappa shape index (κ2) is 4.20. The highest BCUT2D eigenvalue weighted by Gasteiger charge is 2.11. The van der Waals surface area contributed by atoms with Crippen molar-refractivity contribution in [3.8, 4) is 11.4 Å². The Morgan fingerprint density at radius 1 is 1.21 bits per heavy atom. The van der Waals surface area contributed by atoms with Gasteiger partial charge in [-0.15, -0.1) is 0 Å². The van der Waals surface area contributed by atoms with Gasteiger partial charge >= 0.3 is 0 Å². The average Bonchev–Trinajstić information content (AvgIpc) is 2.67. The van der Waals surface area contributed by atoms with Gasteiger partial charge in [0.05, 0.1) is 22.3 Å². The SMILES string of the molecule is Cc1cc2c(c(C)nn2-c2ccc(O)cc2)c(=S)[nH]1. The number of nitrogens with zero attached hydrogens (tertiary/aromatic N) is 2. The monoisotopic (exact) mass is 271 g/mol. The fraction of sp³-hybridized carbons (Fsp3) is 0.143. The predicted molar refractivity (Wildman–Crippen MR) is 77.4 cm³/mol. The van der Waals surface area contributed by atoms with Crippen LogP contribution in [0.2, 0.25) is 0 Å². The van der Waals surface area contributed by atoms with Crippen LogP contribution in [0.1, 0.15) is 11.4 Å². The molecule has 96 valence electrons. The molecule has 2 N–H and O–H groups in total. The number of phenolic OH excluding ortho intramolecular Hbond substituents is 1. The fourth-order valence-corrected chi connectivity index (χ4v) is 2.65. The number of benzene rings is 1. The minimum atomic E-state index is 0.241. The molecule has 0 radical (unpaired) electrons. The van der Waals surface area contributed by atoms with Crippen molar-refractivity contribution in [2.75, 3.05) is 0 Å². The number of hydrogen-bond acceptors (Lipinski definition) is 3. The first kappa shape index (κ1) is 11.9. The van der Waals surface area contributed by atoms with Crippen molar-refractivity contribution < 1.29 is 5.11 Å². The summed E-state index contributed by atoms with van der Waals surface area (Å²) in [4.78, 5) is 3.15. The average molecular weight is 271 g/mol. The molecule has 0 unspecified atom stereocenters. The quantitative estimate of drug-likeness (QED) is 0.667. The van der Waals surface area contributed by atoms with Crippen LogP contribution in [0.25, 0.3) is 16.6 Å². The molecular formula is C14H13N3OS. The van der Waals surface area contributed by atoms with Gasteiger partial charge in [-0.05, 0) is 44.2 Å². The normalized spacial score (nSPS) is 11.1. The largest absolute Gasteiger partial charge is 0.508 e. The van der Waals surface area contributed by atoms with E-state index in [9.17, 15) is 5.11 Å². The first-order chi connectivity index (χ1) is 9.06. The number of hydrogen-bond donors (Lipinski definition) is 2. The third-order valence-corrected chi connectivity index (χ3v) is 3.39. The molecular weight excluding hydrogens is 258 g/mol. The molecule has 0 aliphatic heterocycles. The summed E-state index contributed by atoms with van der Waals surface area (Å²) in [5.41, 5.74) is 3.77. The van der Waals surface area contributed by atoms with E-state index in [1.165, 1.54) is 0 Å². The van der Waals surface area contributed by atoms with E-state index in [2.05, 4.69) is 10.1 Å². The number of phenols is 1. The minimum Gasteiger partial charge on any atom is -0.508 e. The van der Waals surface area contributed by atoms with Crippen molar-refractivity contribution >= 4 is 23.1 Å². The standard InChI is InChI=1S/C14H13N3OS/c1-8-7-12-13(14(19)15-8)9(2)16-17(12)10-3-5-11(18)6-4-10/h3-7,18H,1-2H3,(H,15,19). The maximum absolute atomic E-state index is 9.36. The lowest BCUT2D eigenvalue weighted by molar-refractivity contribution is 0.475. The molecule has 0 aliphatic rings. The van der Waals surface area contributed by atoms with Gasteiger partial charge in [-0.25, -0.2) is 4.68 Å². The van der Waals surface area contributed by atoms with Crippen LogP contribution >= 0.6 is 12.2 Å². The molecule has 2 heterocycles. The number of aromatic nitrogens is 3. The number of rotatable bonds is 1. The summed E-state index contributed by atoms with van der Waals surface area (Å²) in [6.45, 7) is 3.91. The molecule has 0 amide bonds. The summed E-state index contributed by atoms with van der Waals surface area (Å²) in [5, 5.41) is 14.9. The molecule has 3 rings (SSSR count). The molecule has 1 aromatic carbocycles. The highest BCUT2D eigenvalue weighted by Crippen LogP contribution is 2.23. The van der Waals surface area contributed by atoms with E-state index in [1.807, 2.05) is 36.7 Å². The van der Waals surface area contributed by atoms with Gasteiger partial charge in [0.25, 0.3) is 0 Å². The lowest BCUT2D eigenvalue weighted by Gasteiger charge is -2.04. The van der Waals surface area contributed by atoms with Crippen LogP contribution in [-0.2, 0) is 0 Å². The smallest absolute Gasteiger partial charge is 0.115 e. The Labute approximate surface area is 115 Å². The van der Waals surface area contributed by atoms with Crippen LogP contribution in [0, 0.1) is 18.5 Å². The number of nitrogens with one attached hydrogen (secondary N) is 1. The first-order valence-electron chi connectivity index (χ1n) is 5.95. The fourth-order valence-electron chi connectivity index (χ4n) is 2.23. The third kappa shape index (κ3) is 1.92. The number of fused-ring (bicyclic) bond motifs is 1. The second-order valence-corrected chi connectivity index (χ2v) is 4.96. The van der Waals surface area contributed by atoms with Gasteiger partial charge in [0.1, 0.15) is 10.4 Å². The molecule has 0 saturated heterocycles. The van der Waals surface area contributed by atoms with Crippen molar-refractivity contribution in [2.45, 2.75) is 13.8 Å². The molecule has 0 aliphatic carbocycles. The molecule has 0 fully saturated rings. The zero-order chi connectivity index (χ0) is 13.6. The summed E-state index contributed by atoms with van der Waals surface area (Å²) in [6, 6.07) is 8.98. The van der Waals surface area contributed by atoms with Crippen LogP contribution in [0.4, 0.5) is 0 Å². The highest BCUT2D eigenvalue weighted by atomic mass is 32.1. The Bertz CT molecular complexity index is 815. The molecule has 3 aromatic rings. The molecule has 0 saturated carbocycles. The van der Waals surface area contributed by atoms with E-state index in [1.54, 1.807) is 12.1 Å². The van der Waals surface area contributed by atoms with Crippen LogP contribution in [0.5, 0.6) is 5.75 Å². The molecule has 19 heavy (non-hydrogen) atoms. The van der Waals surface area contributed by atoms with Crippen LogP contribution in [0.15, 0.2) is 30.3 Å². The summed E-state index contributed by atoms with van der Waals surface area (Å²) in [7, 11) is 0. The Morgan fingerprint density at radius 3 is 2.58 bits per heavy atom. The van der Waals surface area contributed by atoms with Crippen LogP contribution < -0.4 is 0 Å². The van der Waals surface area contributed by atoms with E-state index in [4.69, 9.17) is 12.2 Å². The number of aromatic hydroxyl groups is 1. The van der Waals surface area contributed by atoms with E-state index in [-0.39, 0.29) is 5.75 Å². The molecule has 0 spiro atoms. The molecule has 5 heteroatoms. The first-order valence-corrected chi connectivity index (χ1v) is 6.36. The van der Waals surface area contributed by atoms with Gasteiger partial charge < -0.3 is 10.1 Å². The number of aromatic amines is 1. The lowest BCUT2D eigenvalue weighted by atomic mass is 10.2. The maximum atomic E-state index is 9.36. The number of H-pyrrole nitrogens is 1. The number of pyridine rings is 1. The Hall–Kier alpha value is -2.14. The molecule has 4 nitrogen and oxygen atoms in total. The van der Waals surface area contributed by atoms with Crippen molar-refractivity contribution in [2.24, 2.45) is 0 Å². The summed E-state index contributed by atoms with van der Waals surface area (Å²) >= 11 is 5.36. The van der Waals surface area contributed by atoms with Crippen LogP contribution in [-0.4, -0.2) is 19.9 Å². The summed E-state index contributed by atoms with van der Waals surface area (Å²) in [5.74, 6) is 0.241. The van der Waals surface area contributed by atoms with Gasteiger partial charge in [0.15, 0.2) is 0 Å².